The second-order valence-corrected chi connectivity index (χ2v) is 4.34. The topological polar surface area (TPSA) is 70.6 Å². The number of halogens is 3. The molecule has 0 aromatic carbocycles. The molecule has 0 saturated carbocycles. The van der Waals surface area contributed by atoms with Gasteiger partial charge in [0.1, 0.15) is 5.92 Å². The van der Waals surface area contributed by atoms with Gasteiger partial charge < -0.3 is 16.3 Å². The quantitative estimate of drug-likeness (QED) is 0.156. The molecule has 0 aliphatic rings. The van der Waals surface area contributed by atoms with E-state index in [0.29, 0.717) is 12.3 Å². The van der Waals surface area contributed by atoms with E-state index in [1.165, 1.54) is 0 Å². The van der Waals surface area contributed by atoms with Crippen LogP contribution in [0.25, 0.3) is 0 Å². The maximum Gasteiger partial charge on any atom is 0.400 e. The highest BCUT2D eigenvalue weighted by Crippen LogP contribution is 2.25. The molecule has 100 valence electrons. The summed E-state index contributed by atoms with van der Waals surface area (Å²) in [5.41, 5.74) is 4.99. The highest BCUT2D eigenvalue weighted by Gasteiger charge is 2.42. The first-order valence-corrected chi connectivity index (χ1v) is 6.02. The summed E-state index contributed by atoms with van der Waals surface area (Å²) in [5.74, 6) is -1.36. The molecule has 0 rings (SSSR count). The lowest BCUT2D eigenvalue weighted by atomic mass is 10.1. The first-order chi connectivity index (χ1) is 7.93. The number of nitrogens with zero attached hydrogens (tertiary/aromatic N) is 1. The smallest absolute Gasteiger partial charge is 0.400 e. The zero-order valence-electron chi connectivity index (χ0n) is 9.20. The van der Waals surface area contributed by atoms with Gasteiger partial charge in [0.05, 0.1) is 0 Å². The molecule has 1 atom stereocenters. The molecule has 0 heterocycles. The fraction of sp³-hybridized carbons (Fsp3) is 0.667. The first-order valence-electron chi connectivity index (χ1n) is 4.87. The summed E-state index contributed by atoms with van der Waals surface area (Å²) >= 11 is 1.55. The van der Waals surface area contributed by atoms with Crippen molar-refractivity contribution in [3.63, 3.8) is 0 Å². The van der Waals surface area contributed by atoms with Gasteiger partial charge in [-0.05, 0) is 0 Å². The van der Waals surface area contributed by atoms with Gasteiger partial charge in [-0.3, -0.25) is 0 Å². The molecule has 8 heteroatoms. The molecule has 4 nitrogen and oxygen atoms in total. The predicted octanol–water partition coefficient (Wildman–Crippen LogP) is 1.42. The van der Waals surface area contributed by atoms with E-state index in [4.69, 9.17) is 10.9 Å². The van der Waals surface area contributed by atoms with Gasteiger partial charge in [0, 0.05) is 24.6 Å². The van der Waals surface area contributed by atoms with Gasteiger partial charge in [0.25, 0.3) is 0 Å². The maximum absolute atomic E-state index is 12.5. The molecule has 0 bridgehead atoms. The normalized spacial score (nSPS) is 14.6. The monoisotopic (exact) mass is 271 g/mol. The van der Waals surface area contributed by atoms with Crippen LogP contribution in [0.4, 0.5) is 13.2 Å². The van der Waals surface area contributed by atoms with Crippen molar-refractivity contribution in [1.29, 1.82) is 0 Å². The lowest BCUT2D eigenvalue weighted by Gasteiger charge is -2.19. The lowest BCUT2D eigenvalue weighted by Crippen LogP contribution is -2.43. The van der Waals surface area contributed by atoms with E-state index in [1.807, 2.05) is 0 Å². The van der Waals surface area contributed by atoms with Gasteiger partial charge in [0.15, 0.2) is 5.84 Å². The number of thioether (sulfide) groups is 1. The number of oxime groups is 1. The van der Waals surface area contributed by atoms with E-state index in [9.17, 15) is 13.2 Å². The summed E-state index contributed by atoms with van der Waals surface area (Å²) in [5, 5.41) is 13.3. The van der Waals surface area contributed by atoms with Crippen LogP contribution in [0.15, 0.2) is 17.8 Å². The molecular formula is C9H16F3N3OS. The highest BCUT2D eigenvalue weighted by molar-refractivity contribution is 7.99. The van der Waals surface area contributed by atoms with Crippen molar-refractivity contribution in [2.45, 2.75) is 6.18 Å². The van der Waals surface area contributed by atoms with Gasteiger partial charge in [-0.1, -0.05) is 11.2 Å². The van der Waals surface area contributed by atoms with Crippen LogP contribution < -0.4 is 11.1 Å². The average Bonchev–Trinajstić information content (AvgIpc) is 2.25. The van der Waals surface area contributed by atoms with E-state index in [1.54, 1.807) is 17.8 Å². The van der Waals surface area contributed by atoms with Gasteiger partial charge in [-0.15, -0.1) is 6.58 Å². The van der Waals surface area contributed by atoms with Crippen molar-refractivity contribution in [1.82, 2.24) is 5.32 Å². The van der Waals surface area contributed by atoms with Gasteiger partial charge in [0.2, 0.25) is 0 Å². The van der Waals surface area contributed by atoms with Crippen LogP contribution in [-0.4, -0.2) is 41.8 Å². The number of alkyl halides is 3. The van der Waals surface area contributed by atoms with Crippen molar-refractivity contribution in [2.24, 2.45) is 16.8 Å². The number of nitrogens with one attached hydrogen (secondary N) is 1. The summed E-state index contributed by atoms with van der Waals surface area (Å²) in [4.78, 5) is 0. The third kappa shape index (κ3) is 7.11. The van der Waals surface area contributed by atoms with Crippen molar-refractivity contribution in [3.05, 3.63) is 12.7 Å². The second-order valence-electron chi connectivity index (χ2n) is 3.19. The molecule has 0 saturated heterocycles. The standard InChI is InChI=1S/C9H16F3N3OS/c1-2-4-17-5-3-14-6-7(8(13)15-16)9(10,11)12/h2,7,14,16H,1,3-6H2,(H2,13,15). The summed E-state index contributed by atoms with van der Waals surface area (Å²) in [6, 6.07) is 0. The molecule has 0 aromatic rings. The van der Waals surface area contributed by atoms with E-state index in [2.05, 4.69) is 17.1 Å². The van der Waals surface area contributed by atoms with Crippen molar-refractivity contribution in [2.75, 3.05) is 24.6 Å². The predicted molar refractivity (Wildman–Crippen MR) is 63.3 cm³/mol. The van der Waals surface area contributed by atoms with Crippen LogP contribution >= 0.6 is 11.8 Å². The molecule has 17 heavy (non-hydrogen) atoms. The number of amidine groups is 1. The number of nitrogens with two attached hydrogens (primary N) is 1. The Hall–Kier alpha value is -0.890. The molecule has 0 fully saturated rings. The Balaban J connectivity index is 3.98. The Morgan fingerprint density at radius 3 is 2.71 bits per heavy atom. The Labute approximate surface area is 102 Å². The summed E-state index contributed by atoms with van der Waals surface area (Å²) < 4.78 is 37.4. The lowest BCUT2D eigenvalue weighted by molar-refractivity contribution is -0.154. The van der Waals surface area contributed by atoms with E-state index >= 15 is 0 Å². The second kappa shape index (κ2) is 8.24. The largest absolute Gasteiger partial charge is 0.409 e. The minimum atomic E-state index is -4.52. The molecule has 4 N–H and O–H groups in total. The van der Waals surface area contributed by atoms with Crippen LogP contribution in [0.1, 0.15) is 0 Å². The number of hydrogen-bond acceptors (Lipinski definition) is 4. The summed E-state index contributed by atoms with van der Waals surface area (Å²) in [7, 11) is 0. The maximum atomic E-state index is 12.5. The molecule has 0 spiro atoms. The van der Waals surface area contributed by atoms with Crippen LogP contribution in [0, 0.1) is 5.92 Å². The van der Waals surface area contributed by atoms with Gasteiger partial charge >= 0.3 is 6.18 Å². The number of rotatable bonds is 8. The Bertz CT molecular complexity index is 258. The average molecular weight is 271 g/mol. The Morgan fingerprint density at radius 1 is 1.59 bits per heavy atom. The third-order valence-corrected chi connectivity index (χ3v) is 2.84. The Kier molecular flexibility index (Phi) is 7.81. The van der Waals surface area contributed by atoms with Crippen LogP contribution in [-0.2, 0) is 0 Å². The summed E-state index contributed by atoms with van der Waals surface area (Å²) in [6.45, 7) is 3.55. The highest BCUT2D eigenvalue weighted by atomic mass is 32.2. The van der Waals surface area contributed by atoms with Crippen molar-refractivity contribution >= 4 is 17.6 Å². The van der Waals surface area contributed by atoms with E-state index in [0.717, 1.165) is 5.75 Å². The molecule has 1 unspecified atom stereocenters. The SMILES string of the molecule is C=CCSCCNCC(/C(N)=N\O)C(F)(F)F. The van der Waals surface area contributed by atoms with Crippen LogP contribution in [0.5, 0.6) is 0 Å². The fourth-order valence-electron chi connectivity index (χ4n) is 1.02. The van der Waals surface area contributed by atoms with Crippen LogP contribution in [0.2, 0.25) is 0 Å². The fourth-order valence-corrected chi connectivity index (χ4v) is 1.64. The third-order valence-electron chi connectivity index (χ3n) is 1.87. The molecule has 0 aliphatic carbocycles. The van der Waals surface area contributed by atoms with E-state index < -0.39 is 24.5 Å². The van der Waals surface area contributed by atoms with Crippen LogP contribution in [0.3, 0.4) is 0 Å². The minimum Gasteiger partial charge on any atom is -0.409 e. The van der Waals surface area contributed by atoms with Crippen molar-refractivity contribution in [3.8, 4) is 0 Å². The Morgan fingerprint density at radius 2 is 2.24 bits per heavy atom. The van der Waals surface area contributed by atoms with Gasteiger partial charge in [-0.2, -0.15) is 24.9 Å². The molecule has 0 aliphatic heterocycles. The first kappa shape index (κ1) is 16.1. The van der Waals surface area contributed by atoms with E-state index in [-0.39, 0.29) is 0 Å². The molecular weight excluding hydrogens is 255 g/mol. The van der Waals surface area contributed by atoms with Crippen molar-refractivity contribution < 1.29 is 18.4 Å². The zero-order chi connectivity index (χ0) is 13.3. The number of hydrogen-bond donors (Lipinski definition) is 3. The summed E-state index contributed by atoms with van der Waals surface area (Å²) in [6.07, 6.45) is -2.79. The molecule has 0 aromatic heterocycles. The molecule has 0 radical (unpaired) electrons. The zero-order valence-corrected chi connectivity index (χ0v) is 10.0. The minimum absolute atomic E-state index is 0.395. The van der Waals surface area contributed by atoms with Gasteiger partial charge in [-0.25, -0.2) is 0 Å². The molecule has 0 amide bonds.